The van der Waals surface area contributed by atoms with Crippen LogP contribution >= 0.6 is 0 Å². The summed E-state index contributed by atoms with van der Waals surface area (Å²) in [6.45, 7) is 5.86. The van der Waals surface area contributed by atoms with Crippen LogP contribution in [0.5, 0.6) is 11.5 Å². The monoisotopic (exact) mass is 550 g/mol. The molecule has 2 atom stereocenters. The molecule has 0 aliphatic heterocycles. The van der Waals surface area contributed by atoms with Gasteiger partial charge in [-0.25, -0.2) is 0 Å². The second kappa shape index (κ2) is 14.2. The number of esters is 1. The summed E-state index contributed by atoms with van der Waals surface area (Å²) in [5, 5.41) is 10.0. The van der Waals surface area contributed by atoms with E-state index in [9.17, 15) is 14.4 Å². The van der Waals surface area contributed by atoms with Crippen LogP contribution in [0.1, 0.15) is 49.3 Å². The number of nitrogens with one attached hydrogen (secondary N) is 2. The molecule has 1 heterocycles. The van der Waals surface area contributed by atoms with E-state index >= 15 is 0 Å². The van der Waals surface area contributed by atoms with E-state index < -0.39 is 23.8 Å². The standard InChI is InChI=1S/C30H38N4O6/c1-19(2)20(3)34-24(28-25(38-4)13-10-14-26(28)39-5)17-23(33-34)30(37)32-22(29(36)31-18-27(35)40-6)16-15-21-11-8-7-9-12-21/h7-14,17,19-20,22H,15-16,18H2,1-6H3,(H,31,36)(H,32,37)/t20?,22-/m0/s1. The molecule has 1 unspecified atom stereocenters. The van der Waals surface area contributed by atoms with E-state index in [0.29, 0.717) is 35.6 Å². The molecule has 10 heteroatoms. The van der Waals surface area contributed by atoms with E-state index in [2.05, 4.69) is 34.3 Å². The molecule has 40 heavy (non-hydrogen) atoms. The second-order valence-corrected chi connectivity index (χ2v) is 9.73. The normalized spacial score (nSPS) is 12.4. The van der Waals surface area contributed by atoms with Crippen LogP contribution in [-0.2, 0) is 20.7 Å². The zero-order chi connectivity index (χ0) is 29.2. The largest absolute Gasteiger partial charge is 0.496 e. The molecule has 214 valence electrons. The maximum atomic E-state index is 13.5. The smallest absolute Gasteiger partial charge is 0.325 e. The number of nitrogens with zero attached hydrogens (tertiary/aromatic N) is 2. The van der Waals surface area contributed by atoms with E-state index in [-0.39, 0.29) is 24.2 Å². The summed E-state index contributed by atoms with van der Waals surface area (Å²) in [6.07, 6.45) is 0.860. The Labute approximate surface area is 235 Å². The van der Waals surface area contributed by atoms with Crippen molar-refractivity contribution in [1.82, 2.24) is 20.4 Å². The maximum Gasteiger partial charge on any atom is 0.325 e. The molecule has 0 aliphatic rings. The predicted octanol–water partition coefficient (Wildman–Crippen LogP) is 3.80. The highest BCUT2D eigenvalue weighted by Gasteiger charge is 2.27. The van der Waals surface area contributed by atoms with Crippen molar-refractivity contribution in [2.75, 3.05) is 27.9 Å². The fourth-order valence-electron chi connectivity index (χ4n) is 4.20. The minimum absolute atomic E-state index is 0.0663. The molecule has 2 aromatic carbocycles. The van der Waals surface area contributed by atoms with Gasteiger partial charge in [-0.1, -0.05) is 50.2 Å². The van der Waals surface area contributed by atoms with Crippen molar-refractivity contribution in [2.45, 2.75) is 45.7 Å². The van der Waals surface area contributed by atoms with Crippen LogP contribution in [0.25, 0.3) is 11.3 Å². The average Bonchev–Trinajstić information content (AvgIpc) is 3.42. The Hall–Kier alpha value is -4.34. The molecule has 0 bridgehead atoms. The zero-order valence-electron chi connectivity index (χ0n) is 23.9. The molecule has 3 rings (SSSR count). The molecule has 3 aromatic rings. The Morgan fingerprint density at radius 3 is 2.15 bits per heavy atom. The third-order valence-electron chi connectivity index (χ3n) is 6.82. The van der Waals surface area contributed by atoms with Gasteiger partial charge in [0.05, 0.1) is 38.6 Å². The van der Waals surface area contributed by atoms with Gasteiger partial charge in [0.25, 0.3) is 5.91 Å². The van der Waals surface area contributed by atoms with Crippen molar-refractivity contribution in [3.63, 3.8) is 0 Å². The minimum atomic E-state index is -0.908. The third-order valence-corrected chi connectivity index (χ3v) is 6.82. The van der Waals surface area contributed by atoms with Gasteiger partial charge in [-0.05, 0) is 49.4 Å². The lowest BCUT2D eigenvalue weighted by Gasteiger charge is -2.21. The summed E-state index contributed by atoms with van der Waals surface area (Å²) in [7, 11) is 4.39. The van der Waals surface area contributed by atoms with Crippen molar-refractivity contribution in [2.24, 2.45) is 5.92 Å². The van der Waals surface area contributed by atoms with Crippen molar-refractivity contribution in [3.05, 3.63) is 65.9 Å². The summed E-state index contributed by atoms with van der Waals surface area (Å²) < 4.78 is 17.7. The number of benzene rings is 2. The molecule has 0 saturated heterocycles. The highest BCUT2D eigenvalue weighted by atomic mass is 16.5. The predicted molar refractivity (Wildman–Crippen MR) is 151 cm³/mol. The number of aryl methyl sites for hydroxylation is 1. The topological polar surface area (TPSA) is 121 Å². The molecule has 0 fully saturated rings. The van der Waals surface area contributed by atoms with E-state index in [1.165, 1.54) is 7.11 Å². The van der Waals surface area contributed by atoms with E-state index in [1.807, 2.05) is 55.5 Å². The van der Waals surface area contributed by atoms with Crippen LogP contribution in [0, 0.1) is 5.92 Å². The second-order valence-electron chi connectivity index (χ2n) is 9.73. The zero-order valence-corrected chi connectivity index (χ0v) is 23.9. The number of methoxy groups -OCH3 is 3. The highest BCUT2D eigenvalue weighted by molar-refractivity contribution is 5.97. The fraction of sp³-hybridized carbons (Fsp3) is 0.400. The van der Waals surface area contributed by atoms with Crippen LogP contribution in [0.2, 0.25) is 0 Å². The molecule has 0 radical (unpaired) electrons. The lowest BCUT2D eigenvalue weighted by atomic mass is 10.0. The average molecular weight is 551 g/mol. The number of hydrogen-bond donors (Lipinski definition) is 2. The number of ether oxygens (including phenoxy) is 3. The van der Waals surface area contributed by atoms with Crippen molar-refractivity contribution in [1.29, 1.82) is 0 Å². The van der Waals surface area contributed by atoms with Crippen LogP contribution in [0.3, 0.4) is 0 Å². The fourth-order valence-corrected chi connectivity index (χ4v) is 4.20. The molecule has 2 amide bonds. The number of carbonyl (C=O) groups is 3. The summed E-state index contributed by atoms with van der Waals surface area (Å²) in [5.74, 6) is -0.235. The Morgan fingerprint density at radius 2 is 1.57 bits per heavy atom. The summed E-state index contributed by atoms with van der Waals surface area (Å²) in [6, 6.07) is 15.8. The number of aromatic nitrogens is 2. The van der Waals surface area contributed by atoms with Crippen LogP contribution in [0.4, 0.5) is 0 Å². The molecule has 1 aromatic heterocycles. The Kier molecular flexibility index (Phi) is 10.7. The van der Waals surface area contributed by atoms with Crippen molar-refractivity contribution >= 4 is 17.8 Å². The first-order valence-corrected chi connectivity index (χ1v) is 13.2. The van der Waals surface area contributed by atoms with Gasteiger partial charge >= 0.3 is 5.97 Å². The number of rotatable bonds is 13. The molecular formula is C30H38N4O6. The highest BCUT2D eigenvalue weighted by Crippen LogP contribution is 2.40. The van der Waals surface area contributed by atoms with Gasteiger partial charge in [-0.15, -0.1) is 0 Å². The van der Waals surface area contributed by atoms with E-state index in [4.69, 9.17) is 9.47 Å². The van der Waals surface area contributed by atoms with Gasteiger partial charge in [0.1, 0.15) is 24.1 Å². The van der Waals surface area contributed by atoms with Gasteiger partial charge in [0.2, 0.25) is 5.91 Å². The third kappa shape index (κ3) is 7.40. The first-order valence-electron chi connectivity index (χ1n) is 13.2. The van der Waals surface area contributed by atoms with Gasteiger partial charge in [-0.2, -0.15) is 5.10 Å². The van der Waals surface area contributed by atoms with Gasteiger partial charge in [0, 0.05) is 0 Å². The van der Waals surface area contributed by atoms with Gasteiger partial charge < -0.3 is 24.8 Å². The lowest BCUT2D eigenvalue weighted by molar-refractivity contribution is -0.141. The summed E-state index contributed by atoms with van der Waals surface area (Å²) in [4.78, 5) is 38.2. The first-order chi connectivity index (χ1) is 19.2. The van der Waals surface area contributed by atoms with Crippen LogP contribution in [0.15, 0.2) is 54.6 Å². The summed E-state index contributed by atoms with van der Waals surface area (Å²) in [5.41, 5.74) is 2.48. The number of hydrogen-bond acceptors (Lipinski definition) is 7. The number of amides is 2. The minimum Gasteiger partial charge on any atom is -0.496 e. The molecule has 0 aliphatic carbocycles. The van der Waals surface area contributed by atoms with Gasteiger partial charge in [-0.3, -0.25) is 19.1 Å². The van der Waals surface area contributed by atoms with Crippen LogP contribution in [-0.4, -0.2) is 61.5 Å². The van der Waals surface area contributed by atoms with E-state index in [1.54, 1.807) is 25.0 Å². The molecule has 2 N–H and O–H groups in total. The van der Waals surface area contributed by atoms with Crippen molar-refractivity contribution < 1.29 is 28.6 Å². The molecule has 0 saturated carbocycles. The Bertz CT molecular complexity index is 1280. The molecular weight excluding hydrogens is 512 g/mol. The molecule has 10 nitrogen and oxygen atoms in total. The SMILES string of the molecule is COC(=O)CNC(=O)[C@H](CCc1ccccc1)NC(=O)c1cc(-c2c(OC)cccc2OC)n(C(C)C(C)C)n1. The maximum absolute atomic E-state index is 13.5. The quantitative estimate of drug-likeness (QED) is 0.311. The van der Waals surface area contributed by atoms with Crippen molar-refractivity contribution in [3.8, 4) is 22.8 Å². The number of carbonyl (C=O) groups excluding carboxylic acids is 3. The Morgan fingerprint density at radius 1 is 0.925 bits per heavy atom. The van der Waals surface area contributed by atoms with Crippen LogP contribution < -0.4 is 20.1 Å². The first kappa shape index (κ1) is 30.2. The lowest BCUT2D eigenvalue weighted by Crippen LogP contribution is -2.48. The van der Waals surface area contributed by atoms with E-state index in [0.717, 1.165) is 5.56 Å². The summed E-state index contributed by atoms with van der Waals surface area (Å²) >= 11 is 0. The Balaban J connectivity index is 1.96. The van der Waals surface area contributed by atoms with Gasteiger partial charge in [0.15, 0.2) is 5.69 Å². The molecule has 0 spiro atoms.